The summed E-state index contributed by atoms with van der Waals surface area (Å²) in [7, 11) is 0. The van der Waals surface area contributed by atoms with Crippen LogP contribution in [-0.4, -0.2) is 50.3 Å². The molecular weight excluding hydrogens is 558 g/mol. The summed E-state index contributed by atoms with van der Waals surface area (Å²) in [4.78, 5) is 31.9. The Labute approximate surface area is 247 Å². The van der Waals surface area contributed by atoms with Gasteiger partial charge in [0.25, 0.3) is 0 Å². The van der Waals surface area contributed by atoms with Crippen molar-refractivity contribution in [2.45, 2.75) is 22.4 Å². The predicted octanol–water partition coefficient (Wildman–Crippen LogP) is 6.57. The number of pyridine rings is 1. The molecule has 0 spiro atoms. The van der Waals surface area contributed by atoms with Crippen LogP contribution in [0, 0.1) is 0 Å². The second-order valence-electron chi connectivity index (χ2n) is 9.81. The van der Waals surface area contributed by atoms with E-state index < -0.39 is 6.09 Å². The fourth-order valence-electron chi connectivity index (χ4n) is 5.38. The van der Waals surface area contributed by atoms with E-state index in [1.807, 2.05) is 36.4 Å². The number of aromatic nitrogens is 1. The summed E-state index contributed by atoms with van der Waals surface area (Å²) in [5.74, 6) is -0.0238. The molecule has 1 aliphatic heterocycles. The van der Waals surface area contributed by atoms with Gasteiger partial charge in [-0.15, -0.1) is 0 Å². The highest BCUT2D eigenvalue weighted by molar-refractivity contribution is 7.99. The van der Waals surface area contributed by atoms with E-state index in [2.05, 4.69) is 39.5 Å². The van der Waals surface area contributed by atoms with E-state index in [0.29, 0.717) is 28.8 Å². The molecule has 208 valence electrons. The normalized spacial score (nSPS) is 14.3. The molecule has 1 amide bonds. The molecule has 6 rings (SSSR count). The number of nitrogens with zero attached hydrogens (tertiary/aromatic N) is 2. The minimum absolute atomic E-state index is 0.0238. The lowest BCUT2D eigenvalue weighted by molar-refractivity contribution is 0.112. The first kappa shape index (κ1) is 27.3. The van der Waals surface area contributed by atoms with Crippen LogP contribution < -0.4 is 10.2 Å². The van der Waals surface area contributed by atoms with Crippen LogP contribution in [0.3, 0.4) is 0 Å². The molecule has 1 aromatic heterocycles. The van der Waals surface area contributed by atoms with Crippen LogP contribution in [0.1, 0.15) is 33.0 Å². The third-order valence-corrected chi connectivity index (χ3v) is 9.01. The Morgan fingerprint density at radius 3 is 2.46 bits per heavy atom. The number of hydrogen-bond donors (Lipinski definition) is 1. The van der Waals surface area contributed by atoms with Gasteiger partial charge in [0, 0.05) is 47.9 Å². The zero-order valence-electron chi connectivity index (χ0n) is 22.2. The van der Waals surface area contributed by atoms with Crippen LogP contribution in [0.2, 0.25) is 5.02 Å². The van der Waals surface area contributed by atoms with Crippen LogP contribution in [-0.2, 0) is 16.0 Å². The first-order valence-electron chi connectivity index (χ1n) is 13.4. The van der Waals surface area contributed by atoms with Crippen molar-refractivity contribution in [2.75, 3.05) is 37.8 Å². The Kier molecular flexibility index (Phi) is 8.23. The van der Waals surface area contributed by atoms with Gasteiger partial charge in [-0.25, -0.2) is 9.78 Å². The maximum Gasteiger partial charge on any atom is 0.407 e. The lowest BCUT2D eigenvalue weighted by atomic mass is 9.98. The standard InChI is InChI=1S/C32H28ClN3O4S/c33-29-17-23(36-12-14-39-15-13-36)16-22(30(29)41-31-21(19-37)6-5-11-34-31)18-35-32(38)40-20-28-26-9-3-1-7-24(26)25-8-2-4-10-27(25)28/h1-11,16-17,19,28H,12-15,18,20H2,(H,35,38). The zero-order valence-corrected chi connectivity index (χ0v) is 23.8. The second-order valence-corrected chi connectivity index (χ2v) is 11.2. The maximum absolute atomic E-state index is 13.0. The van der Waals surface area contributed by atoms with E-state index >= 15 is 0 Å². The van der Waals surface area contributed by atoms with Crippen LogP contribution >= 0.6 is 23.4 Å². The lowest BCUT2D eigenvalue weighted by Crippen LogP contribution is -2.36. The summed E-state index contributed by atoms with van der Waals surface area (Å²) in [5, 5.41) is 3.98. The number of hydrogen-bond acceptors (Lipinski definition) is 7. The number of fused-ring (bicyclic) bond motifs is 3. The molecule has 2 heterocycles. The fraction of sp³-hybridized carbons (Fsp3) is 0.219. The van der Waals surface area contributed by atoms with Gasteiger partial charge in [-0.2, -0.15) is 0 Å². The Balaban J connectivity index is 1.20. The van der Waals surface area contributed by atoms with Crippen molar-refractivity contribution in [2.24, 2.45) is 0 Å². The molecule has 9 heteroatoms. The number of benzene rings is 3. The van der Waals surface area contributed by atoms with Crippen molar-refractivity contribution in [3.05, 3.63) is 106 Å². The van der Waals surface area contributed by atoms with Gasteiger partial charge in [0.05, 0.1) is 18.2 Å². The largest absolute Gasteiger partial charge is 0.449 e. The molecule has 41 heavy (non-hydrogen) atoms. The first-order chi connectivity index (χ1) is 20.1. The molecule has 1 aliphatic carbocycles. The van der Waals surface area contributed by atoms with Crippen molar-refractivity contribution in [3.63, 3.8) is 0 Å². The van der Waals surface area contributed by atoms with E-state index in [1.54, 1.807) is 18.3 Å². The highest BCUT2D eigenvalue weighted by atomic mass is 35.5. The Morgan fingerprint density at radius 1 is 1.05 bits per heavy atom. The molecule has 2 aliphatic rings. The molecule has 7 nitrogen and oxygen atoms in total. The third kappa shape index (κ3) is 5.81. The Morgan fingerprint density at radius 2 is 1.76 bits per heavy atom. The average Bonchev–Trinajstić information content (AvgIpc) is 3.34. The number of alkyl carbamates (subject to hydrolysis) is 1. The van der Waals surface area contributed by atoms with Gasteiger partial charge < -0.3 is 19.7 Å². The number of rotatable bonds is 8. The molecule has 1 N–H and O–H groups in total. The summed E-state index contributed by atoms with van der Waals surface area (Å²) in [6.45, 7) is 3.19. The number of halogens is 1. The smallest absolute Gasteiger partial charge is 0.407 e. The van der Waals surface area contributed by atoms with Gasteiger partial charge in [0.15, 0.2) is 6.29 Å². The number of morpholine rings is 1. The molecule has 0 bridgehead atoms. The fourth-order valence-corrected chi connectivity index (χ4v) is 6.68. The highest BCUT2D eigenvalue weighted by Crippen LogP contribution is 2.44. The number of aldehydes is 1. The predicted molar refractivity (Wildman–Crippen MR) is 160 cm³/mol. The molecule has 4 aromatic rings. The van der Waals surface area contributed by atoms with Gasteiger partial charge in [-0.3, -0.25) is 4.79 Å². The van der Waals surface area contributed by atoms with Crippen molar-refractivity contribution >= 4 is 41.4 Å². The lowest BCUT2D eigenvalue weighted by Gasteiger charge is -2.30. The number of nitrogens with one attached hydrogen (secondary N) is 1. The third-order valence-electron chi connectivity index (χ3n) is 7.37. The quantitative estimate of drug-likeness (QED) is 0.234. The summed E-state index contributed by atoms with van der Waals surface area (Å²) >= 11 is 8.13. The van der Waals surface area contributed by atoms with Crippen molar-refractivity contribution in [3.8, 4) is 11.1 Å². The summed E-state index contributed by atoms with van der Waals surface area (Å²) < 4.78 is 11.3. The topological polar surface area (TPSA) is 80.8 Å². The molecule has 0 unspecified atom stereocenters. The van der Waals surface area contributed by atoms with Crippen LogP contribution in [0.4, 0.5) is 10.5 Å². The minimum Gasteiger partial charge on any atom is -0.449 e. The minimum atomic E-state index is -0.512. The Bertz CT molecular complexity index is 1550. The molecule has 3 aromatic carbocycles. The number of carbonyl (C=O) groups is 2. The van der Waals surface area contributed by atoms with Crippen molar-refractivity contribution in [1.82, 2.24) is 10.3 Å². The van der Waals surface area contributed by atoms with E-state index in [-0.39, 0.29) is 19.1 Å². The van der Waals surface area contributed by atoms with E-state index in [1.165, 1.54) is 22.9 Å². The Hall–Kier alpha value is -3.85. The zero-order chi connectivity index (χ0) is 28.2. The van der Waals surface area contributed by atoms with Gasteiger partial charge in [0.2, 0.25) is 0 Å². The highest BCUT2D eigenvalue weighted by Gasteiger charge is 2.29. The number of carbonyl (C=O) groups excluding carboxylic acids is 2. The molecular formula is C32H28ClN3O4S. The molecule has 0 radical (unpaired) electrons. The summed E-state index contributed by atoms with van der Waals surface area (Å²) in [5.41, 5.74) is 6.90. The first-order valence-corrected chi connectivity index (χ1v) is 14.6. The number of anilines is 1. The van der Waals surface area contributed by atoms with Crippen molar-refractivity contribution < 1.29 is 19.1 Å². The van der Waals surface area contributed by atoms with Gasteiger partial charge in [-0.1, -0.05) is 71.9 Å². The van der Waals surface area contributed by atoms with Gasteiger partial charge >= 0.3 is 6.09 Å². The van der Waals surface area contributed by atoms with Gasteiger partial charge in [0.1, 0.15) is 11.6 Å². The molecule has 0 saturated carbocycles. The van der Waals surface area contributed by atoms with Crippen molar-refractivity contribution in [1.29, 1.82) is 0 Å². The van der Waals surface area contributed by atoms with E-state index in [4.69, 9.17) is 21.1 Å². The maximum atomic E-state index is 13.0. The SMILES string of the molecule is O=Cc1cccnc1Sc1c(Cl)cc(N2CCOCC2)cc1CNC(=O)OCC1c2ccccc2-c2ccccc21. The monoisotopic (exact) mass is 585 g/mol. The van der Waals surface area contributed by atoms with E-state index in [9.17, 15) is 9.59 Å². The van der Waals surface area contributed by atoms with Crippen LogP contribution in [0.5, 0.6) is 0 Å². The average molecular weight is 586 g/mol. The molecule has 1 fully saturated rings. The van der Waals surface area contributed by atoms with Crippen LogP contribution in [0.15, 0.2) is 88.9 Å². The second kappa shape index (κ2) is 12.3. The summed E-state index contributed by atoms with van der Waals surface area (Å²) in [6.07, 6.45) is 1.90. The van der Waals surface area contributed by atoms with E-state index in [0.717, 1.165) is 46.6 Å². The molecule has 1 saturated heterocycles. The number of amides is 1. The molecule has 0 atom stereocenters. The van der Waals surface area contributed by atoms with Gasteiger partial charge in [-0.05, 0) is 52.1 Å². The summed E-state index contributed by atoms with van der Waals surface area (Å²) in [6, 6.07) is 23.8. The van der Waals surface area contributed by atoms with Crippen LogP contribution in [0.25, 0.3) is 11.1 Å². The number of ether oxygens (including phenoxy) is 2.